The SMILES string of the molecule is CSCCC(NS(=O)(=O)c1ccc(Cl)c(C(=O)O)c1)C(=O)O. The van der Waals surface area contributed by atoms with Crippen molar-refractivity contribution in [3.63, 3.8) is 0 Å². The Labute approximate surface area is 136 Å². The monoisotopic (exact) mass is 367 g/mol. The lowest BCUT2D eigenvalue weighted by atomic mass is 10.2. The van der Waals surface area contributed by atoms with Gasteiger partial charge in [0, 0.05) is 0 Å². The smallest absolute Gasteiger partial charge is 0.337 e. The van der Waals surface area contributed by atoms with Crippen LogP contribution in [-0.4, -0.2) is 48.6 Å². The minimum Gasteiger partial charge on any atom is -0.480 e. The summed E-state index contributed by atoms with van der Waals surface area (Å²) in [4.78, 5) is 21.7. The van der Waals surface area contributed by atoms with Crippen LogP contribution in [-0.2, 0) is 14.8 Å². The van der Waals surface area contributed by atoms with E-state index >= 15 is 0 Å². The number of benzene rings is 1. The van der Waals surface area contributed by atoms with Crippen LogP contribution in [0.3, 0.4) is 0 Å². The van der Waals surface area contributed by atoms with E-state index in [4.69, 9.17) is 21.8 Å². The van der Waals surface area contributed by atoms with Gasteiger partial charge in [0.2, 0.25) is 10.0 Å². The summed E-state index contributed by atoms with van der Waals surface area (Å²) in [5.41, 5.74) is -0.375. The molecule has 7 nitrogen and oxygen atoms in total. The Kier molecular flexibility index (Phi) is 6.66. The Morgan fingerprint density at radius 1 is 1.36 bits per heavy atom. The third kappa shape index (κ3) is 4.87. The zero-order valence-corrected chi connectivity index (χ0v) is 13.8. The normalized spacial score (nSPS) is 12.8. The molecule has 1 rings (SSSR count). The predicted molar refractivity (Wildman–Crippen MR) is 83.2 cm³/mol. The number of nitrogens with one attached hydrogen (secondary N) is 1. The molecular weight excluding hydrogens is 354 g/mol. The molecule has 1 aromatic rings. The van der Waals surface area contributed by atoms with E-state index in [-0.39, 0.29) is 21.9 Å². The second-order valence-corrected chi connectivity index (χ2v) is 7.35. The molecule has 0 fully saturated rings. The summed E-state index contributed by atoms with van der Waals surface area (Å²) < 4.78 is 26.4. The average molecular weight is 368 g/mol. The number of rotatable bonds is 8. The van der Waals surface area contributed by atoms with Crippen LogP contribution >= 0.6 is 23.4 Å². The largest absolute Gasteiger partial charge is 0.480 e. The van der Waals surface area contributed by atoms with Gasteiger partial charge in [0.1, 0.15) is 6.04 Å². The number of sulfonamides is 1. The van der Waals surface area contributed by atoms with E-state index in [0.29, 0.717) is 5.75 Å². The lowest BCUT2D eigenvalue weighted by Crippen LogP contribution is -2.41. The molecule has 1 atom stereocenters. The summed E-state index contributed by atoms with van der Waals surface area (Å²) >= 11 is 7.06. The summed E-state index contributed by atoms with van der Waals surface area (Å²) in [6, 6.07) is 1.85. The fraction of sp³-hybridized carbons (Fsp3) is 0.333. The number of hydrogen-bond donors (Lipinski definition) is 3. The molecule has 0 aliphatic rings. The second kappa shape index (κ2) is 7.82. The summed E-state index contributed by atoms with van der Waals surface area (Å²) in [7, 11) is -4.17. The van der Waals surface area contributed by atoms with Gasteiger partial charge >= 0.3 is 11.9 Å². The Bertz CT molecular complexity index is 676. The number of thioether (sulfide) groups is 1. The van der Waals surface area contributed by atoms with Crippen LogP contribution in [0.5, 0.6) is 0 Å². The van der Waals surface area contributed by atoms with Crippen molar-refractivity contribution in [1.82, 2.24) is 4.72 Å². The van der Waals surface area contributed by atoms with Crippen LogP contribution in [0.25, 0.3) is 0 Å². The van der Waals surface area contributed by atoms with Crippen LogP contribution < -0.4 is 4.72 Å². The molecule has 0 saturated heterocycles. The van der Waals surface area contributed by atoms with E-state index in [1.165, 1.54) is 11.8 Å². The molecule has 122 valence electrons. The highest BCUT2D eigenvalue weighted by molar-refractivity contribution is 7.98. The Balaban J connectivity index is 3.10. The van der Waals surface area contributed by atoms with Crippen LogP contribution in [0.4, 0.5) is 0 Å². The van der Waals surface area contributed by atoms with E-state index in [1.54, 1.807) is 6.26 Å². The molecule has 0 heterocycles. The molecule has 0 bridgehead atoms. The third-order valence-electron chi connectivity index (χ3n) is 2.68. The number of hydrogen-bond acceptors (Lipinski definition) is 5. The first kappa shape index (κ1) is 18.8. The first-order valence-corrected chi connectivity index (χ1v) is 9.21. The molecule has 10 heteroatoms. The number of aromatic carboxylic acids is 1. The molecule has 0 aliphatic heterocycles. The van der Waals surface area contributed by atoms with Crippen molar-refractivity contribution in [2.45, 2.75) is 17.4 Å². The van der Waals surface area contributed by atoms with E-state index in [2.05, 4.69) is 4.72 Å². The second-order valence-electron chi connectivity index (χ2n) is 4.24. The van der Waals surface area contributed by atoms with Crippen molar-refractivity contribution in [3.8, 4) is 0 Å². The van der Waals surface area contributed by atoms with E-state index in [0.717, 1.165) is 18.2 Å². The zero-order valence-electron chi connectivity index (χ0n) is 11.4. The van der Waals surface area contributed by atoms with Gasteiger partial charge in [-0.15, -0.1) is 0 Å². The predicted octanol–water partition coefficient (Wildman–Crippen LogP) is 1.52. The molecule has 0 aromatic heterocycles. The molecule has 0 spiro atoms. The minimum absolute atomic E-state index is 0.106. The molecule has 0 amide bonds. The van der Waals surface area contributed by atoms with Crippen LogP contribution in [0.2, 0.25) is 5.02 Å². The Hall–Kier alpha value is -1.29. The summed E-state index contributed by atoms with van der Waals surface area (Å²) in [5.74, 6) is -2.22. The number of carbonyl (C=O) groups is 2. The zero-order chi connectivity index (χ0) is 16.9. The molecule has 1 unspecified atom stereocenters. The van der Waals surface area contributed by atoms with Crippen LogP contribution in [0.1, 0.15) is 16.8 Å². The minimum atomic E-state index is -4.17. The van der Waals surface area contributed by atoms with Crippen LogP contribution in [0, 0.1) is 0 Å². The Morgan fingerprint density at radius 2 is 2.00 bits per heavy atom. The highest BCUT2D eigenvalue weighted by Crippen LogP contribution is 2.21. The third-order valence-corrected chi connectivity index (χ3v) is 5.13. The fourth-order valence-corrected chi connectivity index (χ4v) is 3.48. The molecule has 3 N–H and O–H groups in total. The summed E-state index contributed by atoms with van der Waals surface area (Å²) in [6.07, 6.45) is 1.88. The molecule has 1 aromatic carbocycles. The molecule has 22 heavy (non-hydrogen) atoms. The first-order valence-electron chi connectivity index (χ1n) is 5.96. The van der Waals surface area contributed by atoms with Crippen molar-refractivity contribution in [1.29, 1.82) is 0 Å². The van der Waals surface area contributed by atoms with Crippen molar-refractivity contribution in [3.05, 3.63) is 28.8 Å². The quantitative estimate of drug-likeness (QED) is 0.636. The topological polar surface area (TPSA) is 121 Å². The van der Waals surface area contributed by atoms with E-state index in [1.807, 2.05) is 0 Å². The van der Waals surface area contributed by atoms with Gasteiger partial charge in [-0.1, -0.05) is 11.6 Å². The van der Waals surface area contributed by atoms with Gasteiger partial charge in [-0.25, -0.2) is 13.2 Å². The van der Waals surface area contributed by atoms with Crippen molar-refractivity contribution in [2.75, 3.05) is 12.0 Å². The van der Waals surface area contributed by atoms with Gasteiger partial charge in [0.15, 0.2) is 0 Å². The lowest BCUT2D eigenvalue weighted by molar-refractivity contribution is -0.139. The van der Waals surface area contributed by atoms with E-state index in [9.17, 15) is 18.0 Å². The van der Waals surface area contributed by atoms with Crippen molar-refractivity contribution in [2.24, 2.45) is 0 Å². The number of aliphatic carboxylic acids is 1. The van der Waals surface area contributed by atoms with Crippen LogP contribution in [0.15, 0.2) is 23.1 Å². The van der Waals surface area contributed by atoms with Gasteiger partial charge in [-0.2, -0.15) is 16.5 Å². The standard InChI is InChI=1S/C12H14ClNO6S2/c1-21-5-4-10(12(17)18)14-22(19,20)7-2-3-9(13)8(6-7)11(15)16/h2-3,6,10,14H,4-5H2,1H3,(H,15,16)(H,17,18). The fourth-order valence-electron chi connectivity index (χ4n) is 1.56. The number of carboxylic acid groups (broad SMARTS) is 2. The van der Waals surface area contributed by atoms with Gasteiger partial charge < -0.3 is 10.2 Å². The maximum Gasteiger partial charge on any atom is 0.337 e. The number of halogens is 1. The molecular formula is C12H14ClNO6S2. The maximum atomic E-state index is 12.2. The van der Waals surface area contributed by atoms with Gasteiger partial charge in [0.25, 0.3) is 0 Å². The summed E-state index contributed by atoms with van der Waals surface area (Å²) in [6.45, 7) is 0. The molecule has 0 saturated carbocycles. The van der Waals surface area contributed by atoms with Crippen molar-refractivity contribution < 1.29 is 28.2 Å². The maximum absolute atomic E-state index is 12.2. The summed E-state index contributed by atoms with van der Waals surface area (Å²) in [5, 5.41) is 17.9. The van der Waals surface area contributed by atoms with Crippen molar-refractivity contribution >= 4 is 45.3 Å². The van der Waals surface area contributed by atoms with Gasteiger partial charge in [-0.05, 0) is 36.6 Å². The average Bonchev–Trinajstić information content (AvgIpc) is 2.43. The van der Waals surface area contributed by atoms with Gasteiger partial charge in [0.05, 0.1) is 15.5 Å². The molecule has 0 aliphatic carbocycles. The van der Waals surface area contributed by atoms with Gasteiger partial charge in [-0.3, -0.25) is 4.79 Å². The highest BCUT2D eigenvalue weighted by atomic mass is 35.5. The Morgan fingerprint density at radius 3 is 2.50 bits per heavy atom. The first-order chi connectivity index (χ1) is 10.2. The van der Waals surface area contributed by atoms with E-state index < -0.39 is 28.0 Å². The number of carboxylic acids is 2. The molecule has 0 radical (unpaired) electrons. The highest BCUT2D eigenvalue weighted by Gasteiger charge is 2.26. The lowest BCUT2D eigenvalue weighted by Gasteiger charge is -2.14.